The SMILES string of the molecule is CC1(C)CN(c2cc3ccccc3o2)c2cc([N+](=O)[O-])ccc2O1. The average molecular weight is 324 g/mol. The Hall–Kier alpha value is -3.02. The number of nitrogens with zero attached hydrogens (tertiary/aromatic N) is 2. The minimum atomic E-state index is -0.442. The molecule has 3 aromatic rings. The van der Waals surface area contributed by atoms with Gasteiger partial charge in [0.25, 0.3) is 5.69 Å². The van der Waals surface area contributed by atoms with Crippen molar-refractivity contribution in [3.63, 3.8) is 0 Å². The Kier molecular flexibility index (Phi) is 3.03. The molecule has 122 valence electrons. The maximum atomic E-state index is 11.1. The van der Waals surface area contributed by atoms with E-state index in [0.717, 1.165) is 11.0 Å². The van der Waals surface area contributed by atoms with Crippen LogP contribution in [0.5, 0.6) is 5.75 Å². The summed E-state index contributed by atoms with van der Waals surface area (Å²) in [5.41, 5.74) is 1.01. The van der Waals surface area contributed by atoms with E-state index in [2.05, 4.69) is 0 Å². The van der Waals surface area contributed by atoms with Crippen molar-refractivity contribution in [2.24, 2.45) is 0 Å². The van der Waals surface area contributed by atoms with Crippen LogP contribution in [0.4, 0.5) is 17.3 Å². The van der Waals surface area contributed by atoms with E-state index < -0.39 is 10.5 Å². The fourth-order valence-corrected chi connectivity index (χ4v) is 3.01. The van der Waals surface area contributed by atoms with Gasteiger partial charge in [-0.25, -0.2) is 0 Å². The largest absolute Gasteiger partial charge is 0.484 e. The van der Waals surface area contributed by atoms with E-state index in [1.54, 1.807) is 6.07 Å². The lowest BCUT2D eigenvalue weighted by molar-refractivity contribution is -0.384. The first kappa shape index (κ1) is 14.6. The third-order valence-corrected chi connectivity index (χ3v) is 4.05. The molecule has 2 aromatic carbocycles. The van der Waals surface area contributed by atoms with Crippen molar-refractivity contribution in [3.8, 4) is 5.75 Å². The van der Waals surface area contributed by atoms with Crippen molar-refractivity contribution in [3.05, 3.63) is 58.6 Å². The van der Waals surface area contributed by atoms with Gasteiger partial charge >= 0.3 is 0 Å². The summed E-state index contributed by atoms with van der Waals surface area (Å²) >= 11 is 0. The molecule has 4 rings (SSSR count). The van der Waals surface area contributed by atoms with E-state index in [4.69, 9.17) is 9.15 Å². The number of fused-ring (bicyclic) bond motifs is 2. The molecule has 0 bridgehead atoms. The molecule has 0 atom stereocenters. The number of benzene rings is 2. The van der Waals surface area contributed by atoms with Gasteiger partial charge in [-0.05, 0) is 26.0 Å². The second-order valence-electron chi connectivity index (χ2n) is 6.48. The molecular formula is C18H16N2O4. The number of hydrogen-bond donors (Lipinski definition) is 0. The van der Waals surface area contributed by atoms with Crippen LogP contribution in [0.3, 0.4) is 0 Å². The highest BCUT2D eigenvalue weighted by Gasteiger charge is 2.35. The molecular weight excluding hydrogens is 308 g/mol. The Morgan fingerprint density at radius 1 is 1.17 bits per heavy atom. The fraction of sp³-hybridized carbons (Fsp3) is 0.222. The molecule has 6 heteroatoms. The van der Waals surface area contributed by atoms with Crippen LogP contribution in [0.15, 0.2) is 52.9 Å². The van der Waals surface area contributed by atoms with Crippen LogP contribution in [-0.4, -0.2) is 17.1 Å². The van der Waals surface area contributed by atoms with Gasteiger partial charge in [0.1, 0.15) is 16.9 Å². The first-order chi connectivity index (χ1) is 11.4. The molecule has 1 aliphatic heterocycles. The molecule has 1 aliphatic rings. The van der Waals surface area contributed by atoms with Crippen LogP contribution in [0.1, 0.15) is 13.8 Å². The summed E-state index contributed by atoms with van der Waals surface area (Å²) in [6.45, 7) is 4.49. The Labute approximate surface area is 138 Å². The van der Waals surface area contributed by atoms with Crippen molar-refractivity contribution in [2.75, 3.05) is 11.4 Å². The summed E-state index contributed by atoms with van der Waals surface area (Å²) in [7, 11) is 0. The Bertz CT molecular complexity index is 912. The molecule has 2 heterocycles. The lowest BCUT2D eigenvalue weighted by Gasteiger charge is -2.39. The molecule has 24 heavy (non-hydrogen) atoms. The first-order valence-electron chi connectivity index (χ1n) is 7.66. The molecule has 0 N–H and O–H groups in total. The van der Waals surface area contributed by atoms with Crippen LogP contribution < -0.4 is 9.64 Å². The van der Waals surface area contributed by atoms with Crippen molar-refractivity contribution < 1.29 is 14.1 Å². The van der Waals surface area contributed by atoms with Gasteiger partial charge in [0.15, 0.2) is 0 Å². The van der Waals surface area contributed by atoms with Gasteiger partial charge in [-0.2, -0.15) is 0 Å². The van der Waals surface area contributed by atoms with Gasteiger partial charge in [0.2, 0.25) is 5.88 Å². The number of ether oxygens (including phenoxy) is 1. The van der Waals surface area contributed by atoms with Crippen LogP contribution in [-0.2, 0) is 0 Å². The maximum absolute atomic E-state index is 11.1. The highest BCUT2D eigenvalue weighted by molar-refractivity contribution is 5.83. The van der Waals surface area contributed by atoms with Gasteiger partial charge < -0.3 is 14.1 Å². The number of hydrogen-bond acceptors (Lipinski definition) is 5. The number of nitro groups is 1. The van der Waals surface area contributed by atoms with E-state index >= 15 is 0 Å². The molecule has 0 aliphatic carbocycles. The van der Waals surface area contributed by atoms with E-state index in [-0.39, 0.29) is 5.69 Å². The third-order valence-electron chi connectivity index (χ3n) is 4.05. The van der Waals surface area contributed by atoms with Gasteiger partial charge in [-0.15, -0.1) is 0 Å². The first-order valence-corrected chi connectivity index (χ1v) is 7.66. The maximum Gasteiger partial charge on any atom is 0.271 e. The number of para-hydroxylation sites is 1. The van der Waals surface area contributed by atoms with E-state index in [1.165, 1.54) is 12.1 Å². The topological polar surface area (TPSA) is 68.8 Å². The summed E-state index contributed by atoms with van der Waals surface area (Å²) in [6.07, 6.45) is 0. The minimum absolute atomic E-state index is 0.0261. The van der Waals surface area contributed by atoms with Crippen LogP contribution in [0.25, 0.3) is 11.0 Å². The second kappa shape index (κ2) is 4.99. The average Bonchev–Trinajstić information content (AvgIpc) is 2.96. The van der Waals surface area contributed by atoms with Gasteiger partial charge in [-0.1, -0.05) is 18.2 Å². The van der Waals surface area contributed by atoms with Crippen LogP contribution >= 0.6 is 0 Å². The number of furan rings is 1. The van der Waals surface area contributed by atoms with Crippen molar-refractivity contribution >= 4 is 28.2 Å². The highest BCUT2D eigenvalue weighted by Crippen LogP contribution is 2.44. The summed E-state index contributed by atoms with van der Waals surface area (Å²) < 4.78 is 11.9. The van der Waals surface area contributed by atoms with Crippen molar-refractivity contribution in [1.82, 2.24) is 0 Å². The highest BCUT2D eigenvalue weighted by atomic mass is 16.6. The number of anilines is 2. The third kappa shape index (κ3) is 2.36. The lowest BCUT2D eigenvalue weighted by Crippen LogP contribution is -2.44. The molecule has 0 spiro atoms. The fourth-order valence-electron chi connectivity index (χ4n) is 3.01. The monoisotopic (exact) mass is 324 g/mol. The zero-order chi connectivity index (χ0) is 16.9. The second-order valence-corrected chi connectivity index (χ2v) is 6.48. The van der Waals surface area contributed by atoms with E-state index in [0.29, 0.717) is 23.9 Å². The smallest absolute Gasteiger partial charge is 0.271 e. The van der Waals surface area contributed by atoms with Gasteiger partial charge in [-0.3, -0.25) is 10.1 Å². The lowest BCUT2D eigenvalue weighted by atomic mass is 10.0. The Morgan fingerprint density at radius 3 is 2.71 bits per heavy atom. The van der Waals surface area contributed by atoms with Crippen LogP contribution in [0, 0.1) is 10.1 Å². The predicted molar refractivity (Wildman–Crippen MR) is 91.0 cm³/mol. The summed E-state index contributed by atoms with van der Waals surface area (Å²) in [5.74, 6) is 1.26. The van der Waals surface area contributed by atoms with E-state index in [1.807, 2.05) is 49.1 Å². The quantitative estimate of drug-likeness (QED) is 0.507. The number of non-ortho nitro benzene ring substituents is 1. The minimum Gasteiger partial charge on any atom is -0.484 e. The molecule has 0 fully saturated rings. The number of rotatable bonds is 2. The zero-order valence-electron chi connectivity index (χ0n) is 13.4. The summed E-state index contributed by atoms with van der Waals surface area (Å²) in [6, 6.07) is 14.3. The molecule has 0 amide bonds. The Morgan fingerprint density at radius 2 is 1.96 bits per heavy atom. The zero-order valence-corrected chi connectivity index (χ0v) is 13.4. The van der Waals surface area contributed by atoms with Crippen molar-refractivity contribution in [2.45, 2.75) is 19.4 Å². The van der Waals surface area contributed by atoms with E-state index in [9.17, 15) is 10.1 Å². The van der Waals surface area contributed by atoms with Gasteiger partial charge in [0, 0.05) is 23.6 Å². The molecule has 0 saturated heterocycles. The summed E-state index contributed by atoms with van der Waals surface area (Å²) in [4.78, 5) is 12.7. The Balaban J connectivity index is 1.88. The van der Waals surface area contributed by atoms with Crippen LogP contribution in [0.2, 0.25) is 0 Å². The normalized spacial score (nSPS) is 15.8. The summed E-state index contributed by atoms with van der Waals surface area (Å²) in [5, 5.41) is 12.1. The standard InChI is InChI=1S/C18H16N2O4/c1-18(2)11-19(17-9-12-5-3-4-6-15(12)23-17)14-10-13(20(21)22)7-8-16(14)24-18/h3-10H,11H2,1-2H3. The molecule has 1 aromatic heterocycles. The molecule has 0 unspecified atom stereocenters. The molecule has 0 saturated carbocycles. The molecule has 6 nitrogen and oxygen atoms in total. The number of nitro benzene ring substituents is 1. The molecule has 0 radical (unpaired) electrons. The van der Waals surface area contributed by atoms with Crippen molar-refractivity contribution in [1.29, 1.82) is 0 Å². The van der Waals surface area contributed by atoms with Gasteiger partial charge in [0.05, 0.1) is 17.2 Å². The predicted octanol–water partition coefficient (Wildman–Crippen LogP) is 4.65.